The molecular weight excluding hydrogens is 266 g/mol. The number of ether oxygens (including phenoxy) is 2. The van der Waals surface area contributed by atoms with Gasteiger partial charge in [-0.15, -0.1) is 0 Å². The number of nitrogens with zero attached hydrogens (tertiary/aromatic N) is 1. The van der Waals surface area contributed by atoms with Crippen LogP contribution in [-0.2, 0) is 0 Å². The Labute approximate surface area is 116 Å². The van der Waals surface area contributed by atoms with Gasteiger partial charge in [0.1, 0.15) is 11.5 Å². The molecule has 0 radical (unpaired) electrons. The Morgan fingerprint density at radius 3 is 2.58 bits per heavy atom. The van der Waals surface area contributed by atoms with Gasteiger partial charge in [0.15, 0.2) is 5.82 Å². The zero-order chi connectivity index (χ0) is 13.8. The van der Waals surface area contributed by atoms with Gasteiger partial charge in [-0.3, -0.25) is 0 Å². The molecule has 5 nitrogen and oxygen atoms in total. The molecule has 6 heteroatoms. The van der Waals surface area contributed by atoms with E-state index in [1.165, 1.54) is 0 Å². The molecule has 1 aromatic heterocycles. The fourth-order valence-electron chi connectivity index (χ4n) is 1.61. The van der Waals surface area contributed by atoms with E-state index in [9.17, 15) is 0 Å². The van der Waals surface area contributed by atoms with E-state index < -0.39 is 0 Å². The van der Waals surface area contributed by atoms with E-state index in [1.54, 1.807) is 44.7 Å². The van der Waals surface area contributed by atoms with Crippen molar-refractivity contribution in [1.29, 1.82) is 0 Å². The van der Waals surface area contributed by atoms with Crippen LogP contribution >= 0.6 is 11.6 Å². The molecule has 0 spiro atoms. The minimum absolute atomic E-state index is 0.471. The van der Waals surface area contributed by atoms with Crippen LogP contribution in [-0.4, -0.2) is 19.2 Å². The van der Waals surface area contributed by atoms with E-state index in [-0.39, 0.29) is 0 Å². The van der Waals surface area contributed by atoms with E-state index in [0.717, 1.165) is 0 Å². The number of benzene rings is 1. The maximum absolute atomic E-state index is 6.04. The Bertz CT molecular complexity index is 590. The zero-order valence-corrected chi connectivity index (χ0v) is 11.4. The van der Waals surface area contributed by atoms with Crippen LogP contribution in [0.3, 0.4) is 0 Å². The zero-order valence-electron chi connectivity index (χ0n) is 10.6. The number of aromatic nitrogens is 1. The van der Waals surface area contributed by atoms with Crippen LogP contribution < -0.4 is 20.5 Å². The molecule has 1 heterocycles. The van der Waals surface area contributed by atoms with Crippen molar-refractivity contribution in [2.24, 2.45) is 0 Å². The minimum atomic E-state index is 0.471. The highest BCUT2D eigenvalue weighted by atomic mass is 35.5. The molecule has 0 fully saturated rings. The standard InChI is InChI=1S/C13H14ClN3O2/c1-18-11-7-10(12(19-2)6-8(11)14)17-13-9(15)4-3-5-16-13/h3-7H,15H2,1-2H3,(H,16,17). The van der Waals surface area contributed by atoms with Gasteiger partial charge in [0, 0.05) is 18.3 Å². The number of nitrogen functional groups attached to an aromatic ring is 1. The van der Waals surface area contributed by atoms with Gasteiger partial charge in [0.05, 0.1) is 30.6 Å². The largest absolute Gasteiger partial charge is 0.495 e. The van der Waals surface area contributed by atoms with Gasteiger partial charge in [-0.2, -0.15) is 0 Å². The number of nitrogens with one attached hydrogen (secondary N) is 1. The van der Waals surface area contributed by atoms with Crippen molar-refractivity contribution in [2.45, 2.75) is 0 Å². The van der Waals surface area contributed by atoms with Crippen LogP contribution in [0.4, 0.5) is 17.2 Å². The van der Waals surface area contributed by atoms with Crippen molar-refractivity contribution in [3.63, 3.8) is 0 Å². The van der Waals surface area contributed by atoms with Crippen molar-refractivity contribution >= 4 is 28.8 Å². The topological polar surface area (TPSA) is 69.4 Å². The summed E-state index contributed by atoms with van der Waals surface area (Å²) in [6.07, 6.45) is 1.65. The number of rotatable bonds is 4. The summed E-state index contributed by atoms with van der Waals surface area (Å²) >= 11 is 6.04. The van der Waals surface area contributed by atoms with E-state index in [4.69, 9.17) is 26.8 Å². The smallest absolute Gasteiger partial charge is 0.153 e. The predicted molar refractivity (Wildman–Crippen MR) is 76.5 cm³/mol. The molecule has 0 bridgehead atoms. The number of hydrogen-bond acceptors (Lipinski definition) is 5. The van der Waals surface area contributed by atoms with Crippen LogP contribution in [0, 0.1) is 0 Å². The molecule has 0 unspecified atom stereocenters. The Morgan fingerprint density at radius 2 is 1.95 bits per heavy atom. The summed E-state index contributed by atoms with van der Waals surface area (Å²) < 4.78 is 10.4. The summed E-state index contributed by atoms with van der Waals surface area (Å²) in [5, 5.41) is 3.57. The van der Waals surface area contributed by atoms with Crippen LogP contribution in [0.1, 0.15) is 0 Å². The van der Waals surface area contributed by atoms with Crippen molar-refractivity contribution < 1.29 is 9.47 Å². The average Bonchev–Trinajstić information content (AvgIpc) is 2.42. The summed E-state index contributed by atoms with van der Waals surface area (Å²) in [6.45, 7) is 0. The molecule has 2 rings (SSSR count). The van der Waals surface area contributed by atoms with Gasteiger partial charge >= 0.3 is 0 Å². The number of halogens is 1. The van der Waals surface area contributed by atoms with Gasteiger partial charge in [0.25, 0.3) is 0 Å². The van der Waals surface area contributed by atoms with E-state index >= 15 is 0 Å². The molecular formula is C13H14ClN3O2. The maximum atomic E-state index is 6.04. The molecule has 0 saturated carbocycles. The van der Waals surface area contributed by atoms with Crippen molar-refractivity contribution in [1.82, 2.24) is 4.98 Å². The fraction of sp³-hybridized carbons (Fsp3) is 0.154. The van der Waals surface area contributed by atoms with Crippen LogP contribution in [0.15, 0.2) is 30.5 Å². The normalized spacial score (nSPS) is 10.1. The highest BCUT2D eigenvalue weighted by Gasteiger charge is 2.11. The SMILES string of the molecule is COc1cc(Nc2ncccc2N)c(OC)cc1Cl. The first kappa shape index (κ1) is 13.3. The third-order valence-corrected chi connectivity index (χ3v) is 2.86. The lowest BCUT2D eigenvalue weighted by molar-refractivity contribution is 0.405. The third-order valence-electron chi connectivity index (χ3n) is 2.57. The average molecular weight is 280 g/mol. The molecule has 3 N–H and O–H groups in total. The Kier molecular flexibility index (Phi) is 3.97. The molecule has 2 aromatic rings. The van der Waals surface area contributed by atoms with Gasteiger partial charge in [-0.1, -0.05) is 11.6 Å². The molecule has 0 aliphatic heterocycles. The number of methoxy groups -OCH3 is 2. The molecule has 0 atom stereocenters. The molecule has 0 saturated heterocycles. The first-order chi connectivity index (χ1) is 9.15. The molecule has 1 aromatic carbocycles. The predicted octanol–water partition coefficient (Wildman–Crippen LogP) is 3.08. The number of nitrogens with two attached hydrogens (primary N) is 1. The second-order valence-electron chi connectivity index (χ2n) is 3.75. The maximum Gasteiger partial charge on any atom is 0.153 e. The van der Waals surface area contributed by atoms with Gasteiger partial charge in [-0.05, 0) is 12.1 Å². The lowest BCUT2D eigenvalue weighted by Gasteiger charge is -2.14. The molecule has 19 heavy (non-hydrogen) atoms. The number of hydrogen-bond donors (Lipinski definition) is 2. The van der Waals surface area contributed by atoms with E-state index in [2.05, 4.69) is 10.3 Å². The van der Waals surface area contributed by atoms with Crippen LogP contribution in [0.2, 0.25) is 5.02 Å². The van der Waals surface area contributed by atoms with Crippen LogP contribution in [0.5, 0.6) is 11.5 Å². The molecule has 100 valence electrons. The summed E-state index contributed by atoms with van der Waals surface area (Å²) in [5.41, 5.74) is 7.05. The second kappa shape index (κ2) is 5.67. The Hall–Kier alpha value is -2.14. The number of anilines is 3. The molecule has 0 amide bonds. The monoisotopic (exact) mass is 279 g/mol. The van der Waals surface area contributed by atoms with Gasteiger partial charge < -0.3 is 20.5 Å². The van der Waals surface area contributed by atoms with Crippen LogP contribution in [0.25, 0.3) is 0 Å². The molecule has 0 aliphatic carbocycles. The minimum Gasteiger partial charge on any atom is -0.495 e. The van der Waals surface area contributed by atoms with E-state index in [0.29, 0.717) is 33.7 Å². The third kappa shape index (κ3) is 2.82. The summed E-state index contributed by atoms with van der Waals surface area (Å²) in [5.74, 6) is 1.67. The highest BCUT2D eigenvalue weighted by molar-refractivity contribution is 6.32. The van der Waals surface area contributed by atoms with Gasteiger partial charge in [-0.25, -0.2) is 4.98 Å². The molecule has 0 aliphatic rings. The second-order valence-corrected chi connectivity index (χ2v) is 4.16. The van der Waals surface area contributed by atoms with Gasteiger partial charge in [0.2, 0.25) is 0 Å². The lowest BCUT2D eigenvalue weighted by Crippen LogP contribution is -2.01. The lowest BCUT2D eigenvalue weighted by atomic mass is 10.2. The highest BCUT2D eigenvalue weighted by Crippen LogP contribution is 2.37. The number of pyridine rings is 1. The summed E-state index contributed by atoms with van der Waals surface area (Å²) in [4.78, 5) is 4.16. The van der Waals surface area contributed by atoms with Crippen molar-refractivity contribution in [2.75, 3.05) is 25.3 Å². The quantitative estimate of drug-likeness (QED) is 0.900. The van der Waals surface area contributed by atoms with Crippen molar-refractivity contribution in [3.8, 4) is 11.5 Å². The van der Waals surface area contributed by atoms with Crippen molar-refractivity contribution in [3.05, 3.63) is 35.5 Å². The van der Waals surface area contributed by atoms with E-state index in [1.807, 2.05) is 0 Å². The first-order valence-electron chi connectivity index (χ1n) is 5.54. The summed E-state index contributed by atoms with van der Waals surface area (Å²) in [7, 11) is 3.11. The first-order valence-corrected chi connectivity index (χ1v) is 5.92. The Morgan fingerprint density at radius 1 is 1.21 bits per heavy atom. The fourth-order valence-corrected chi connectivity index (χ4v) is 1.84. The summed E-state index contributed by atoms with van der Waals surface area (Å²) in [6, 6.07) is 6.92. The Balaban J connectivity index is 2.41.